The fraction of sp³-hybridized carbons (Fsp3) is 0.212. The molecule has 0 heterocycles. The van der Waals surface area contributed by atoms with Crippen LogP contribution in [0.5, 0.6) is 11.5 Å². The van der Waals surface area contributed by atoms with Crippen molar-refractivity contribution in [1.29, 1.82) is 0 Å². The molecule has 11 heteroatoms. The van der Waals surface area contributed by atoms with Gasteiger partial charge in [0.1, 0.15) is 23.4 Å². The maximum atomic E-state index is 13.4. The van der Waals surface area contributed by atoms with Crippen LogP contribution in [0.2, 0.25) is 0 Å². The van der Waals surface area contributed by atoms with Crippen molar-refractivity contribution in [2.75, 3.05) is 25.0 Å². The van der Waals surface area contributed by atoms with Crippen LogP contribution in [0.25, 0.3) is 0 Å². The van der Waals surface area contributed by atoms with Crippen molar-refractivity contribution in [3.63, 3.8) is 0 Å². The van der Waals surface area contributed by atoms with Crippen molar-refractivity contribution in [2.45, 2.75) is 30.8 Å². The first kappa shape index (κ1) is 32.0. The van der Waals surface area contributed by atoms with E-state index in [1.54, 1.807) is 14.0 Å². The summed E-state index contributed by atoms with van der Waals surface area (Å²) in [5, 5.41) is 2.91. The van der Waals surface area contributed by atoms with Crippen LogP contribution in [0.4, 0.5) is 10.1 Å². The molecule has 0 aromatic heterocycles. The summed E-state index contributed by atoms with van der Waals surface area (Å²) in [6.07, 6.45) is 0.614. The van der Waals surface area contributed by atoms with Gasteiger partial charge in [-0.25, -0.2) is 12.8 Å². The molecule has 0 radical (unpaired) electrons. The number of anilines is 1. The third-order valence-corrected chi connectivity index (χ3v) is 8.22. The number of amides is 2. The fourth-order valence-corrected chi connectivity index (χ4v) is 5.37. The van der Waals surface area contributed by atoms with E-state index in [9.17, 15) is 22.4 Å². The van der Waals surface area contributed by atoms with E-state index in [0.717, 1.165) is 29.0 Å². The number of methoxy groups -OCH3 is 1. The van der Waals surface area contributed by atoms with Crippen molar-refractivity contribution < 1.29 is 31.9 Å². The van der Waals surface area contributed by atoms with E-state index in [-0.39, 0.29) is 35.4 Å². The molecule has 0 aliphatic carbocycles. The molecule has 230 valence electrons. The van der Waals surface area contributed by atoms with Gasteiger partial charge in [-0.15, -0.1) is 0 Å². The minimum Gasteiger partial charge on any atom is -0.497 e. The van der Waals surface area contributed by atoms with Gasteiger partial charge in [-0.05, 0) is 85.1 Å². The molecule has 4 aromatic carbocycles. The molecule has 0 aliphatic heterocycles. The van der Waals surface area contributed by atoms with E-state index in [2.05, 4.69) is 10.0 Å². The van der Waals surface area contributed by atoms with Crippen molar-refractivity contribution >= 4 is 27.5 Å². The number of carbonyl (C=O) groups excluding carboxylic acids is 2. The van der Waals surface area contributed by atoms with Crippen LogP contribution in [0.3, 0.4) is 0 Å². The number of ether oxygens (including phenoxy) is 2. The molecule has 4 rings (SSSR count). The summed E-state index contributed by atoms with van der Waals surface area (Å²) in [5.41, 5.74) is 2.10. The number of sulfonamides is 1. The van der Waals surface area contributed by atoms with Crippen LogP contribution in [0.1, 0.15) is 18.1 Å². The second kappa shape index (κ2) is 15.0. The number of hydrogen-bond donors (Lipinski definition) is 2. The number of nitrogens with zero attached hydrogens (tertiary/aromatic N) is 1. The third-order valence-electron chi connectivity index (χ3n) is 6.83. The smallest absolute Gasteiger partial charge is 0.261 e. The van der Waals surface area contributed by atoms with Crippen LogP contribution in [-0.4, -0.2) is 51.4 Å². The van der Waals surface area contributed by atoms with Gasteiger partial charge in [0.25, 0.3) is 15.9 Å². The first-order valence-corrected chi connectivity index (χ1v) is 15.4. The lowest BCUT2D eigenvalue weighted by Crippen LogP contribution is -2.49. The topological polar surface area (TPSA) is 114 Å². The normalized spacial score (nSPS) is 11.7. The van der Waals surface area contributed by atoms with Gasteiger partial charge >= 0.3 is 0 Å². The van der Waals surface area contributed by atoms with Gasteiger partial charge in [-0.2, -0.15) is 0 Å². The Morgan fingerprint density at radius 2 is 1.48 bits per heavy atom. The van der Waals surface area contributed by atoms with Crippen molar-refractivity contribution in [3.8, 4) is 11.5 Å². The SMILES string of the molecule is COc1ccc(CCNC(=O)C(C)N(Cc2ccccc2)C(=O)COc2ccc(S(=O)(=O)Nc3ccc(F)cc3)cc2)cc1. The van der Waals surface area contributed by atoms with E-state index >= 15 is 0 Å². The second-order valence-electron chi connectivity index (χ2n) is 9.94. The largest absolute Gasteiger partial charge is 0.497 e. The second-order valence-corrected chi connectivity index (χ2v) is 11.6. The summed E-state index contributed by atoms with van der Waals surface area (Å²) < 4.78 is 51.8. The number of halogens is 1. The van der Waals surface area contributed by atoms with E-state index in [0.29, 0.717) is 13.0 Å². The Hall–Kier alpha value is -4.90. The van der Waals surface area contributed by atoms with Gasteiger partial charge in [0.05, 0.1) is 12.0 Å². The Kier molecular flexibility index (Phi) is 10.9. The number of carbonyl (C=O) groups is 2. The Morgan fingerprint density at radius 1 is 0.841 bits per heavy atom. The highest BCUT2D eigenvalue weighted by Gasteiger charge is 2.26. The molecule has 0 saturated heterocycles. The Morgan fingerprint density at radius 3 is 2.11 bits per heavy atom. The molecular formula is C33H34FN3O6S. The lowest BCUT2D eigenvalue weighted by atomic mass is 10.1. The molecule has 0 saturated carbocycles. The van der Waals surface area contributed by atoms with Crippen molar-refractivity contribution in [3.05, 3.63) is 120 Å². The van der Waals surface area contributed by atoms with E-state index in [1.807, 2.05) is 54.6 Å². The molecule has 0 bridgehead atoms. The lowest BCUT2D eigenvalue weighted by molar-refractivity contribution is -0.142. The highest BCUT2D eigenvalue weighted by atomic mass is 32.2. The molecule has 1 unspecified atom stereocenters. The zero-order valence-corrected chi connectivity index (χ0v) is 25.2. The average Bonchev–Trinajstić information content (AvgIpc) is 3.04. The molecule has 4 aromatic rings. The van der Waals surface area contributed by atoms with Crippen LogP contribution >= 0.6 is 0 Å². The first-order valence-electron chi connectivity index (χ1n) is 13.9. The predicted octanol–water partition coefficient (Wildman–Crippen LogP) is 4.79. The summed E-state index contributed by atoms with van der Waals surface area (Å²) in [7, 11) is -2.32. The maximum Gasteiger partial charge on any atom is 0.261 e. The minimum absolute atomic E-state index is 0.0360. The van der Waals surface area contributed by atoms with Gasteiger partial charge in [-0.3, -0.25) is 14.3 Å². The standard InChI is InChI=1S/C33H34FN3O6S/c1-24(33(39)35-21-20-25-8-14-29(42-2)15-9-25)37(22-26-6-4-3-5-7-26)32(38)23-43-30-16-18-31(19-17-30)44(40,41)36-28-12-10-27(34)11-13-28/h3-19,24,36H,20-23H2,1-2H3,(H,35,39). The summed E-state index contributed by atoms with van der Waals surface area (Å²) in [5.74, 6) is -0.169. The van der Waals surface area contributed by atoms with Gasteiger partial charge < -0.3 is 19.7 Å². The summed E-state index contributed by atoms with van der Waals surface area (Å²) >= 11 is 0. The fourth-order valence-electron chi connectivity index (χ4n) is 4.31. The van der Waals surface area contributed by atoms with Gasteiger partial charge in [0.2, 0.25) is 5.91 Å². The first-order chi connectivity index (χ1) is 21.1. The Labute approximate surface area is 256 Å². The number of nitrogens with one attached hydrogen (secondary N) is 2. The van der Waals surface area contributed by atoms with Crippen molar-refractivity contribution in [2.24, 2.45) is 0 Å². The third kappa shape index (κ3) is 9.05. The quantitative estimate of drug-likeness (QED) is 0.210. The Balaban J connectivity index is 1.37. The van der Waals surface area contributed by atoms with Crippen LogP contribution in [-0.2, 0) is 32.6 Å². The maximum absolute atomic E-state index is 13.4. The van der Waals surface area contributed by atoms with E-state index < -0.39 is 27.8 Å². The average molecular weight is 620 g/mol. The molecule has 44 heavy (non-hydrogen) atoms. The molecule has 9 nitrogen and oxygen atoms in total. The Bertz CT molecular complexity index is 1630. The highest BCUT2D eigenvalue weighted by molar-refractivity contribution is 7.92. The predicted molar refractivity (Wildman–Crippen MR) is 165 cm³/mol. The highest BCUT2D eigenvalue weighted by Crippen LogP contribution is 2.20. The summed E-state index contributed by atoms with van der Waals surface area (Å²) in [6.45, 7) is 1.89. The lowest BCUT2D eigenvalue weighted by Gasteiger charge is -2.28. The van der Waals surface area contributed by atoms with Crippen LogP contribution < -0.4 is 19.5 Å². The monoisotopic (exact) mass is 619 g/mol. The zero-order valence-electron chi connectivity index (χ0n) is 24.4. The summed E-state index contributed by atoms with van der Waals surface area (Å²) in [6, 6.07) is 26.6. The van der Waals surface area contributed by atoms with E-state index in [4.69, 9.17) is 9.47 Å². The van der Waals surface area contributed by atoms with Crippen LogP contribution in [0.15, 0.2) is 108 Å². The molecular weight excluding hydrogens is 585 g/mol. The molecule has 2 amide bonds. The molecule has 0 spiro atoms. The number of rotatable bonds is 14. The summed E-state index contributed by atoms with van der Waals surface area (Å²) in [4.78, 5) is 27.8. The van der Waals surface area contributed by atoms with Gasteiger partial charge in [0.15, 0.2) is 6.61 Å². The van der Waals surface area contributed by atoms with Crippen molar-refractivity contribution in [1.82, 2.24) is 10.2 Å². The van der Waals surface area contributed by atoms with Gasteiger partial charge in [0, 0.05) is 18.8 Å². The minimum atomic E-state index is -3.93. The zero-order chi connectivity index (χ0) is 31.5. The van der Waals surface area contributed by atoms with Gasteiger partial charge in [-0.1, -0.05) is 42.5 Å². The van der Waals surface area contributed by atoms with Crippen LogP contribution in [0, 0.1) is 5.82 Å². The molecule has 0 fully saturated rings. The van der Waals surface area contributed by atoms with E-state index in [1.165, 1.54) is 41.3 Å². The molecule has 0 aliphatic rings. The number of benzene rings is 4. The number of hydrogen-bond acceptors (Lipinski definition) is 6. The molecule has 1 atom stereocenters. The molecule has 2 N–H and O–H groups in total.